The molecule has 2 heterocycles. The van der Waals surface area contributed by atoms with Gasteiger partial charge in [-0.15, -0.1) is 11.8 Å². The van der Waals surface area contributed by atoms with Crippen molar-refractivity contribution in [1.82, 2.24) is 10.2 Å². The minimum Gasteiger partial charge on any atom is -0.460 e. The molecule has 0 saturated carbocycles. The van der Waals surface area contributed by atoms with Gasteiger partial charge in [-0.2, -0.15) is 5.26 Å². The smallest absolute Gasteiger partial charge is 0.330 e. The molecule has 0 bridgehead atoms. The van der Waals surface area contributed by atoms with Crippen LogP contribution in [0.4, 0.5) is 0 Å². The van der Waals surface area contributed by atoms with E-state index in [0.717, 1.165) is 0 Å². The number of amides is 2. The molecule has 0 spiro atoms. The van der Waals surface area contributed by atoms with Crippen LogP contribution in [0.25, 0.3) is 0 Å². The van der Waals surface area contributed by atoms with Gasteiger partial charge < -0.3 is 15.0 Å². The standard InChI is InChI=1S/C13H13BrCl3N3O4S/c1-12(14)5-25-10-7(19-6(21)2-3-18)9(22)20(10)8(12)11(23)24-4-13(15,16)17/h7-8,10H,2,4-5H2,1H3,(H,19,21)/t7?,8?,10-,12?/m0/s1. The van der Waals surface area contributed by atoms with Gasteiger partial charge in [-0.3, -0.25) is 9.59 Å². The number of nitrogens with one attached hydrogen (secondary N) is 1. The average Bonchev–Trinajstić information content (AvgIpc) is 2.49. The second-order valence-corrected chi connectivity index (χ2v) is 11.2. The third-order valence-electron chi connectivity index (χ3n) is 3.62. The number of carbonyl (C=O) groups is 3. The normalized spacial score (nSPS) is 31.4. The Morgan fingerprint density at radius 2 is 2.20 bits per heavy atom. The van der Waals surface area contributed by atoms with E-state index in [1.54, 1.807) is 13.0 Å². The zero-order valence-electron chi connectivity index (χ0n) is 12.8. The summed E-state index contributed by atoms with van der Waals surface area (Å²) >= 11 is 21.6. The molecule has 0 aromatic rings. The van der Waals surface area contributed by atoms with Crippen LogP contribution in [0, 0.1) is 11.3 Å². The summed E-state index contributed by atoms with van der Waals surface area (Å²) in [6, 6.07) is 0.00822. The monoisotopic (exact) mass is 491 g/mol. The Balaban J connectivity index is 2.11. The van der Waals surface area contributed by atoms with Crippen molar-refractivity contribution in [3.05, 3.63) is 0 Å². The van der Waals surface area contributed by atoms with Crippen LogP contribution in [-0.4, -0.2) is 60.6 Å². The second-order valence-electron chi connectivity index (χ2n) is 5.73. The van der Waals surface area contributed by atoms with E-state index in [4.69, 9.17) is 44.8 Å². The SMILES string of the molecule is CC1(Br)CS[C@H]2C(NC(=O)CC#N)C(=O)N2C1C(=O)OCC(Cl)(Cl)Cl. The molecule has 2 fully saturated rings. The fraction of sp³-hybridized carbons (Fsp3) is 0.692. The largest absolute Gasteiger partial charge is 0.460 e. The van der Waals surface area contributed by atoms with Crippen molar-refractivity contribution >= 4 is 80.3 Å². The minimum atomic E-state index is -1.76. The van der Waals surface area contributed by atoms with Crippen molar-refractivity contribution < 1.29 is 19.1 Å². The number of carbonyl (C=O) groups excluding carboxylic acids is 3. The van der Waals surface area contributed by atoms with Gasteiger partial charge in [0.05, 0.1) is 10.4 Å². The summed E-state index contributed by atoms with van der Waals surface area (Å²) in [4.78, 5) is 37.8. The van der Waals surface area contributed by atoms with Crippen LogP contribution < -0.4 is 5.32 Å². The molecule has 2 rings (SSSR count). The highest BCUT2D eigenvalue weighted by atomic mass is 79.9. The molecule has 2 amide bonds. The number of hydrogen-bond donors (Lipinski definition) is 1. The first-order valence-corrected chi connectivity index (χ1v) is 9.98. The van der Waals surface area contributed by atoms with Crippen molar-refractivity contribution in [2.45, 2.75) is 38.9 Å². The highest BCUT2D eigenvalue weighted by molar-refractivity contribution is 9.10. The Morgan fingerprint density at radius 1 is 1.56 bits per heavy atom. The van der Waals surface area contributed by atoms with Crippen LogP contribution in [0.1, 0.15) is 13.3 Å². The Morgan fingerprint density at radius 3 is 2.76 bits per heavy atom. The molecule has 0 aliphatic carbocycles. The number of alkyl halides is 4. The lowest BCUT2D eigenvalue weighted by atomic mass is 9.94. The summed E-state index contributed by atoms with van der Waals surface area (Å²) in [6.07, 6.45) is -0.341. The third-order valence-corrected chi connectivity index (χ3v) is 6.64. The Bertz CT molecular complexity index is 637. The number of halogens is 4. The van der Waals surface area contributed by atoms with Gasteiger partial charge in [0.25, 0.3) is 0 Å². The summed E-state index contributed by atoms with van der Waals surface area (Å²) in [7, 11) is 0. The zero-order chi connectivity index (χ0) is 19.0. The minimum absolute atomic E-state index is 0.341. The van der Waals surface area contributed by atoms with Crippen molar-refractivity contribution in [2.75, 3.05) is 12.4 Å². The second kappa shape index (κ2) is 7.69. The maximum Gasteiger partial charge on any atom is 0.330 e. The van der Waals surface area contributed by atoms with Gasteiger partial charge in [-0.25, -0.2) is 4.79 Å². The van der Waals surface area contributed by atoms with Crippen LogP contribution in [0.2, 0.25) is 0 Å². The Kier molecular flexibility index (Phi) is 6.43. The van der Waals surface area contributed by atoms with Crippen LogP contribution in [0.5, 0.6) is 0 Å². The summed E-state index contributed by atoms with van der Waals surface area (Å²) < 4.78 is 2.54. The number of fused-ring (bicyclic) bond motifs is 1. The van der Waals surface area contributed by atoms with Gasteiger partial charge in [0.1, 0.15) is 30.5 Å². The molecule has 0 aromatic heterocycles. The molecule has 2 saturated heterocycles. The molecule has 138 valence electrons. The molecule has 7 nitrogen and oxygen atoms in total. The number of thioether (sulfide) groups is 1. The van der Waals surface area contributed by atoms with Crippen LogP contribution in [-0.2, 0) is 19.1 Å². The first-order chi connectivity index (χ1) is 11.5. The van der Waals surface area contributed by atoms with Crippen LogP contribution in [0.15, 0.2) is 0 Å². The van der Waals surface area contributed by atoms with Gasteiger partial charge in [0.2, 0.25) is 15.6 Å². The van der Waals surface area contributed by atoms with E-state index < -0.39 is 50.0 Å². The van der Waals surface area contributed by atoms with E-state index in [2.05, 4.69) is 21.2 Å². The fourth-order valence-electron chi connectivity index (χ4n) is 2.57. The number of nitrogens with zero attached hydrogens (tertiary/aromatic N) is 2. The third kappa shape index (κ3) is 4.66. The van der Waals surface area contributed by atoms with E-state index in [1.165, 1.54) is 16.7 Å². The van der Waals surface area contributed by atoms with Crippen LogP contribution >= 0.6 is 62.5 Å². The topological polar surface area (TPSA) is 99.5 Å². The summed E-state index contributed by atoms with van der Waals surface area (Å²) in [5, 5.41) is 10.6. The summed E-state index contributed by atoms with van der Waals surface area (Å²) in [5.41, 5.74) is 0. The lowest BCUT2D eigenvalue weighted by molar-refractivity contribution is -0.166. The Hall–Kier alpha value is -0.400. The number of β-lactam (4-membered cyclic amide) rings is 1. The van der Waals surface area contributed by atoms with Gasteiger partial charge >= 0.3 is 5.97 Å². The molecule has 0 aromatic carbocycles. The molecule has 25 heavy (non-hydrogen) atoms. The molecule has 4 atom stereocenters. The first-order valence-electron chi connectivity index (χ1n) is 7.00. The first kappa shape index (κ1) is 20.9. The van der Waals surface area contributed by atoms with Crippen molar-refractivity contribution in [3.63, 3.8) is 0 Å². The van der Waals surface area contributed by atoms with Crippen molar-refractivity contribution in [2.24, 2.45) is 0 Å². The number of hydrogen-bond acceptors (Lipinski definition) is 6. The molecular formula is C13H13BrCl3N3O4S. The van der Waals surface area contributed by atoms with Crippen molar-refractivity contribution in [1.29, 1.82) is 5.26 Å². The number of nitriles is 1. The van der Waals surface area contributed by atoms with Gasteiger partial charge in [-0.1, -0.05) is 50.7 Å². The van der Waals surface area contributed by atoms with Gasteiger partial charge in [0.15, 0.2) is 0 Å². The summed E-state index contributed by atoms with van der Waals surface area (Å²) in [5.74, 6) is -1.18. The highest BCUT2D eigenvalue weighted by Crippen LogP contribution is 2.46. The average molecular weight is 494 g/mol. The van der Waals surface area contributed by atoms with E-state index in [9.17, 15) is 14.4 Å². The highest BCUT2D eigenvalue weighted by Gasteiger charge is 2.61. The molecule has 2 aliphatic heterocycles. The molecular weight excluding hydrogens is 480 g/mol. The van der Waals surface area contributed by atoms with Gasteiger partial charge in [0, 0.05) is 5.75 Å². The molecule has 2 aliphatic rings. The summed E-state index contributed by atoms with van der Waals surface area (Å²) in [6.45, 7) is 1.31. The maximum atomic E-state index is 12.5. The number of rotatable bonds is 4. The lowest BCUT2D eigenvalue weighted by Gasteiger charge is -2.56. The Labute approximate surface area is 171 Å². The lowest BCUT2D eigenvalue weighted by Crippen LogP contribution is -2.78. The molecule has 3 unspecified atom stereocenters. The number of ether oxygens (including phenoxy) is 1. The molecule has 12 heteroatoms. The van der Waals surface area contributed by atoms with E-state index in [0.29, 0.717) is 5.75 Å². The van der Waals surface area contributed by atoms with Gasteiger partial charge in [-0.05, 0) is 6.92 Å². The zero-order valence-corrected chi connectivity index (χ0v) is 17.5. The van der Waals surface area contributed by atoms with E-state index >= 15 is 0 Å². The predicted octanol–water partition coefficient (Wildman–Crippen LogP) is 1.74. The van der Waals surface area contributed by atoms with Crippen molar-refractivity contribution in [3.8, 4) is 6.07 Å². The number of esters is 1. The molecule has 0 radical (unpaired) electrons. The quantitative estimate of drug-likeness (QED) is 0.364. The maximum absolute atomic E-state index is 12.5. The van der Waals surface area contributed by atoms with Crippen LogP contribution in [0.3, 0.4) is 0 Å². The molecule has 1 N–H and O–H groups in total. The van der Waals surface area contributed by atoms with E-state index in [-0.39, 0.29) is 6.42 Å². The van der Waals surface area contributed by atoms with E-state index in [1.807, 2.05) is 0 Å². The predicted molar refractivity (Wildman–Crippen MR) is 97.6 cm³/mol. The fourth-order valence-corrected chi connectivity index (χ4v) is 4.96.